The molecule has 36 heavy (non-hydrogen) atoms. The van der Waals surface area contributed by atoms with Crippen LogP contribution in [0.5, 0.6) is 0 Å². The quantitative estimate of drug-likeness (QED) is 0.291. The van der Waals surface area contributed by atoms with Crippen molar-refractivity contribution in [2.24, 2.45) is 0 Å². The Morgan fingerprint density at radius 1 is 0.444 bits per heavy atom. The minimum absolute atomic E-state index is 0.0128. The maximum Gasteiger partial charge on any atom is 0.147 e. The molecule has 0 saturated heterocycles. The first kappa shape index (κ1) is 24.2. The molecule has 0 saturated carbocycles. The fourth-order valence-electron chi connectivity index (χ4n) is 5.54. The lowest BCUT2D eigenvalue weighted by Crippen LogP contribution is -2.35. The van der Waals surface area contributed by atoms with Gasteiger partial charge in [0.2, 0.25) is 0 Å². The van der Waals surface area contributed by atoms with Crippen LogP contribution in [0.2, 0.25) is 0 Å². The number of nitrogens with one attached hydrogen (secondary N) is 4. The van der Waals surface area contributed by atoms with E-state index in [-0.39, 0.29) is 22.4 Å². The lowest BCUT2D eigenvalue weighted by Gasteiger charge is -2.29. The second-order valence-corrected chi connectivity index (χ2v) is 11.8. The summed E-state index contributed by atoms with van der Waals surface area (Å²) in [4.78, 5) is 40.7. The predicted molar refractivity (Wildman–Crippen MR) is 142 cm³/mol. The van der Waals surface area contributed by atoms with Crippen LogP contribution in [0.1, 0.15) is 101 Å². The summed E-state index contributed by atoms with van der Waals surface area (Å²) in [6.45, 7) is 15.8. The number of rotatable bonds is 2. The van der Waals surface area contributed by atoms with E-state index < -0.39 is 10.8 Å². The third-order valence-corrected chi connectivity index (χ3v) is 9.00. The van der Waals surface area contributed by atoms with Crippen molar-refractivity contribution in [1.29, 1.82) is 0 Å². The number of H-pyrrole nitrogens is 4. The molecule has 2 atom stereocenters. The standard InChI is InChI=1S/C30H36N4O2/c1-17(35)29(7)23-13-11-21(32-23)27(3,4)19-9-10-20(31-19)28(5,6)22-12-14-24(33-22)30(8,18(2)36)26-16-15-25(29)34-26/h9-16,31-34H,1-8H3/t29-,30-/m1/s1. The summed E-state index contributed by atoms with van der Waals surface area (Å²) in [6, 6.07) is 16.3. The van der Waals surface area contributed by atoms with Gasteiger partial charge in [-0.05, 0) is 104 Å². The zero-order valence-corrected chi connectivity index (χ0v) is 22.4. The number of aromatic nitrogens is 4. The van der Waals surface area contributed by atoms with Gasteiger partial charge < -0.3 is 19.9 Å². The molecule has 0 spiro atoms. The van der Waals surface area contributed by atoms with Crippen LogP contribution in [0, 0.1) is 0 Å². The highest BCUT2D eigenvalue weighted by Crippen LogP contribution is 2.41. The average Bonchev–Trinajstić information content (AvgIpc) is 3.63. The fourth-order valence-corrected chi connectivity index (χ4v) is 5.54. The van der Waals surface area contributed by atoms with E-state index in [0.717, 1.165) is 45.6 Å². The van der Waals surface area contributed by atoms with Crippen molar-refractivity contribution in [1.82, 2.24) is 19.9 Å². The molecule has 4 aromatic heterocycles. The minimum atomic E-state index is -0.925. The van der Waals surface area contributed by atoms with Gasteiger partial charge in [0, 0.05) is 56.4 Å². The average molecular weight is 485 g/mol. The van der Waals surface area contributed by atoms with Crippen LogP contribution in [-0.4, -0.2) is 31.5 Å². The number of fused-ring (bicyclic) bond motifs is 8. The van der Waals surface area contributed by atoms with Crippen LogP contribution in [0.3, 0.4) is 0 Å². The van der Waals surface area contributed by atoms with E-state index in [4.69, 9.17) is 0 Å². The molecule has 0 aromatic carbocycles. The highest BCUT2D eigenvalue weighted by Gasteiger charge is 2.43. The van der Waals surface area contributed by atoms with E-state index >= 15 is 0 Å². The SMILES string of the molecule is CC(=O)[C@]1(C)c2ccc([nH]2)C(C)(C)c2ccc([nH]2)C(C)(C)c2ccc([nH]2)[C@@](C)(C(C)=O)c2ccc1[nH]2. The van der Waals surface area contributed by atoms with Crippen molar-refractivity contribution in [2.75, 3.05) is 0 Å². The van der Waals surface area contributed by atoms with Gasteiger partial charge >= 0.3 is 0 Å². The van der Waals surface area contributed by atoms with E-state index in [0.29, 0.717) is 0 Å². The predicted octanol–water partition coefficient (Wildman–Crippen LogP) is 5.75. The smallest absolute Gasteiger partial charge is 0.147 e. The molecule has 1 aliphatic heterocycles. The highest BCUT2D eigenvalue weighted by atomic mass is 16.1. The third-order valence-electron chi connectivity index (χ3n) is 9.00. The molecule has 0 fully saturated rings. The summed E-state index contributed by atoms with van der Waals surface area (Å²) in [5.41, 5.74) is 4.82. The number of Topliss-reactive ketones (excluding diaryl/α,β-unsaturated/α-hetero) is 2. The topological polar surface area (TPSA) is 97.3 Å². The van der Waals surface area contributed by atoms with Crippen LogP contribution in [0.4, 0.5) is 0 Å². The molecule has 4 N–H and O–H groups in total. The molecule has 1 aliphatic rings. The molecule has 0 radical (unpaired) electrons. The normalized spacial score (nSPS) is 24.4. The molecule has 6 nitrogen and oxygen atoms in total. The summed E-state index contributed by atoms with van der Waals surface area (Å²) in [6.07, 6.45) is 0. The summed E-state index contributed by atoms with van der Waals surface area (Å²) in [7, 11) is 0. The fraction of sp³-hybridized carbons (Fsp3) is 0.400. The van der Waals surface area contributed by atoms with Gasteiger partial charge in [0.25, 0.3) is 0 Å². The van der Waals surface area contributed by atoms with Crippen molar-refractivity contribution in [3.63, 3.8) is 0 Å². The second-order valence-electron chi connectivity index (χ2n) is 11.8. The molecule has 0 unspecified atom stereocenters. The Hall–Kier alpha value is -3.54. The Morgan fingerprint density at radius 3 is 0.889 bits per heavy atom. The van der Waals surface area contributed by atoms with E-state index in [1.165, 1.54) is 0 Å². The Balaban J connectivity index is 1.83. The monoisotopic (exact) mass is 484 g/mol. The van der Waals surface area contributed by atoms with Crippen LogP contribution >= 0.6 is 0 Å². The summed E-state index contributed by atoms with van der Waals surface area (Å²) < 4.78 is 0. The number of ketones is 2. The number of carbonyl (C=O) groups excluding carboxylic acids is 2. The first-order valence-corrected chi connectivity index (χ1v) is 12.6. The van der Waals surface area contributed by atoms with Gasteiger partial charge in [-0.2, -0.15) is 0 Å². The minimum Gasteiger partial charge on any atom is -0.361 e. The molecular weight excluding hydrogens is 448 g/mol. The van der Waals surface area contributed by atoms with Crippen molar-refractivity contribution in [3.8, 4) is 0 Å². The molecule has 5 heterocycles. The van der Waals surface area contributed by atoms with Crippen LogP contribution in [0.15, 0.2) is 48.5 Å². The van der Waals surface area contributed by atoms with Crippen molar-refractivity contribution in [3.05, 3.63) is 94.1 Å². The molecule has 6 heteroatoms. The summed E-state index contributed by atoms with van der Waals surface area (Å²) in [5, 5.41) is 0. The Morgan fingerprint density at radius 2 is 0.639 bits per heavy atom. The first-order valence-electron chi connectivity index (χ1n) is 12.6. The highest BCUT2D eigenvalue weighted by molar-refractivity contribution is 5.92. The van der Waals surface area contributed by atoms with E-state index in [1.54, 1.807) is 13.8 Å². The summed E-state index contributed by atoms with van der Waals surface area (Å²) >= 11 is 0. The number of hydrogen-bond acceptors (Lipinski definition) is 2. The molecule has 0 amide bonds. The van der Waals surface area contributed by atoms with E-state index in [2.05, 4.69) is 71.9 Å². The first-order chi connectivity index (χ1) is 16.7. The van der Waals surface area contributed by atoms with Gasteiger partial charge in [-0.25, -0.2) is 0 Å². The Kier molecular flexibility index (Phi) is 5.02. The third kappa shape index (κ3) is 3.09. The molecule has 4 aromatic rings. The van der Waals surface area contributed by atoms with Crippen LogP contribution in [0.25, 0.3) is 0 Å². The maximum absolute atomic E-state index is 13.2. The van der Waals surface area contributed by atoms with Crippen LogP contribution < -0.4 is 0 Å². The largest absolute Gasteiger partial charge is 0.361 e. The lowest BCUT2D eigenvalue weighted by molar-refractivity contribution is -0.121. The van der Waals surface area contributed by atoms with Crippen molar-refractivity contribution in [2.45, 2.75) is 77.0 Å². The summed E-state index contributed by atoms with van der Waals surface area (Å²) in [5.74, 6) is 0.0256. The number of carbonyl (C=O) groups is 2. The van der Waals surface area contributed by atoms with E-state index in [1.807, 2.05) is 38.1 Å². The Labute approximate surface area is 212 Å². The molecule has 188 valence electrons. The van der Waals surface area contributed by atoms with Gasteiger partial charge in [-0.15, -0.1) is 0 Å². The van der Waals surface area contributed by atoms with Gasteiger partial charge in [0.15, 0.2) is 0 Å². The number of aromatic amines is 4. The van der Waals surface area contributed by atoms with Gasteiger partial charge in [0.05, 0.1) is 0 Å². The molecule has 5 rings (SSSR count). The van der Waals surface area contributed by atoms with Crippen molar-refractivity contribution >= 4 is 11.6 Å². The van der Waals surface area contributed by atoms with Gasteiger partial charge in [-0.3, -0.25) is 9.59 Å². The molecule has 8 bridgehead atoms. The van der Waals surface area contributed by atoms with E-state index in [9.17, 15) is 9.59 Å². The van der Waals surface area contributed by atoms with Gasteiger partial charge in [0.1, 0.15) is 22.4 Å². The second kappa shape index (κ2) is 7.48. The Bertz CT molecular complexity index is 1380. The number of hydrogen-bond donors (Lipinski definition) is 4. The maximum atomic E-state index is 13.2. The van der Waals surface area contributed by atoms with Crippen LogP contribution in [-0.2, 0) is 31.2 Å². The zero-order chi connectivity index (χ0) is 26.3. The molecule has 0 aliphatic carbocycles. The lowest BCUT2D eigenvalue weighted by atomic mass is 9.79. The van der Waals surface area contributed by atoms with Gasteiger partial charge in [-0.1, -0.05) is 0 Å². The molecular formula is C30H36N4O2. The zero-order valence-electron chi connectivity index (χ0n) is 22.4. The van der Waals surface area contributed by atoms with Crippen molar-refractivity contribution < 1.29 is 9.59 Å².